The maximum absolute atomic E-state index is 12.2. The molecule has 7 heteroatoms. The number of amides is 1. The van der Waals surface area contributed by atoms with Gasteiger partial charge in [-0.2, -0.15) is 4.98 Å². The van der Waals surface area contributed by atoms with Crippen LogP contribution in [0.15, 0.2) is 22.7 Å². The molecule has 27 heavy (non-hydrogen) atoms. The highest BCUT2D eigenvalue weighted by Crippen LogP contribution is 2.23. The Kier molecular flexibility index (Phi) is 6.85. The largest absolute Gasteiger partial charge is 0.353 e. The normalized spacial score (nSPS) is 17.5. The molecule has 1 aromatic carbocycles. The van der Waals surface area contributed by atoms with E-state index in [4.69, 9.17) is 4.52 Å². The minimum Gasteiger partial charge on any atom is -0.353 e. The number of nitrogens with zero attached hydrogens (tertiary/aromatic N) is 2. The second kappa shape index (κ2) is 9.33. The van der Waals surface area contributed by atoms with Crippen LogP contribution < -0.4 is 10.6 Å². The molecule has 0 bridgehead atoms. The van der Waals surface area contributed by atoms with E-state index in [1.807, 2.05) is 6.07 Å². The fraction of sp³-hybridized carbons (Fsp3) is 0.550. The summed E-state index contributed by atoms with van der Waals surface area (Å²) in [5.41, 5.74) is 3.64. The highest BCUT2D eigenvalue weighted by molar-refractivity contribution is 5.85. The highest BCUT2D eigenvalue weighted by atomic mass is 35.5. The third kappa shape index (κ3) is 5.08. The molecule has 0 unspecified atom stereocenters. The Morgan fingerprint density at radius 3 is 2.74 bits per heavy atom. The number of halogens is 1. The molecule has 1 aliphatic heterocycles. The van der Waals surface area contributed by atoms with Crippen LogP contribution >= 0.6 is 12.4 Å². The third-order valence-corrected chi connectivity index (χ3v) is 5.35. The van der Waals surface area contributed by atoms with E-state index in [-0.39, 0.29) is 24.7 Å². The SMILES string of the molecule is Cl.O=C(Cc1noc(-c2ccc3c(c2)CCNCC3)n1)NC1CCCCC1. The molecule has 6 nitrogen and oxygen atoms in total. The van der Waals surface area contributed by atoms with Crippen molar-refractivity contribution in [2.75, 3.05) is 13.1 Å². The lowest BCUT2D eigenvalue weighted by Crippen LogP contribution is -2.37. The van der Waals surface area contributed by atoms with Crippen molar-refractivity contribution in [3.05, 3.63) is 35.2 Å². The molecule has 2 aromatic rings. The summed E-state index contributed by atoms with van der Waals surface area (Å²) in [6, 6.07) is 6.63. The van der Waals surface area contributed by atoms with Gasteiger partial charge in [0.15, 0.2) is 5.82 Å². The van der Waals surface area contributed by atoms with E-state index in [1.165, 1.54) is 30.4 Å². The number of carbonyl (C=O) groups excluding carboxylic acids is 1. The minimum atomic E-state index is -0.0164. The average Bonchev–Trinajstić information content (AvgIpc) is 2.98. The molecular formula is C20H27ClN4O2. The molecule has 0 radical (unpaired) electrons. The van der Waals surface area contributed by atoms with Crippen molar-refractivity contribution < 1.29 is 9.32 Å². The second-order valence-electron chi connectivity index (χ2n) is 7.33. The Morgan fingerprint density at radius 1 is 1.15 bits per heavy atom. The van der Waals surface area contributed by atoms with E-state index in [0.717, 1.165) is 44.3 Å². The van der Waals surface area contributed by atoms with Gasteiger partial charge in [-0.25, -0.2) is 0 Å². The summed E-state index contributed by atoms with van der Waals surface area (Å²) in [5.74, 6) is 0.924. The van der Waals surface area contributed by atoms with Crippen LogP contribution in [0.3, 0.4) is 0 Å². The van der Waals surface area contributed by atoms with E-state index >= 15 is 0 Å². The van der Waals surface area contributed by atoms with Gasteiger partial charge < -0.3 is 15.2 Å². The summed E-state index contributed by atoms with van der Waals surface area (Å²) in [7, 11) is 0. The molecule has 1 aliphatic carbocycles. The van der Waals surface area contributed by atoms with Crippen molar-refractivity contribution in [1.82, 2.24) is 20.8 Å². The Morgan fingerprint density at radius 2 is 1.93 bits per heavy atom. The van der Waals surface area contributed by atoms with Gasteiger partial charge >= 0.3 is 0 Å². The van der Waals surface area contributed by atoms with Gasteiger partial charge in [0.25, 0.3) is 5.89 Å². The molecule has 1 aromatic heterocycles. The maximum Gasteiger partial charge on any atom is 0.257 e. The Hall–Kier alpha value is -1.92. The first kappa shape index (κ1) is 19.8. The van der Waals surface area contributed by atoms with Gasteiger partial charge in [-0.05, 0) is 62.0 Å². The predicted molar refractivity (Wildman–Crippen MR) is 106 cm³/mol. The summed E-state index contributed by atoms with van der Waals surface area (Å²) in [6.07, 6.45) is 8.06. The number of benzene rings is 1. The summed E-state index contributed by atoms with van der Waals surface area (Å²) < 4.78 is 5.41. The van der Waals surface area contributed by atoms with E-state index in [9.17, 15) is 4.79 Å². The number of hydrogen-bond acceptors (Lipinski definition) is 5. The summed E-state index contributed by atoms with van der Waals surface area (Å²) in [5, 5.41) is 10.5. The van der Waals surface area contributed by atoms with E-state index in [1.54, 1.807) is 0 Å². The first-order valence-corrected chi connectivity index (χ1v) is 9.73. The van der Waals surface area contributed by atoms with Crippen LogP contribution in [0.25, 0.3) is 11.5 Å². The Labute approximate surface area is 165 Å². The Bertz CT molecular complexity index is 771. The van der Waals surface area contributed by atoms with Crippen LogP contribution in [0.5, 0.6) is 0 Å². The molecule has 4 rings (SSSR count). The zero-order valence-corrected chi connectivity index (χ0v) is 16.3. The number of hydrogen-bond donors (Lipinski definition) is 2. The molecule has 1 amide bonds. The lowest BCUT2D eigenvalue weighted by molar-refractivity contribution is -0.121. The zero-order valence-electron chi connectivity index (χ0n) is 15.5. The highest BCUT2D eigenvalue weighted by Gasteiger charge is 2.18. The van der Waals surface area contributed by atoms with Crippen LogP contribution in [0.4, 0.5) is 0 Å². The maximum atomic E-state index is 12.2. The molecule has 0 atom stereocenters. The van der Waals surface area contributed by atoms with Crippen LogP contribution in [0.2, 0.25) is 0 Å². The minimum absolute atomic E-state index is 0. The number of carbonyl (C=O) groups is 1. The zero-order chi connectivity index (χ0) is 17.8. The van der Waals surface area contributed by atoms with E-state index in [0.29, 0.717) is 17.8 Å². The van der Waals surface area contributed by atoms with Crippen molar-refractivity contribution in [3.63, 3.8) is 0 Å². The average molecular weight is 391 g/mol. The smallest absolute Gasteiger partial charge is 0.257 e. The molecule has 0 saturated heterocycles. The Balaban J connectivity index is 0.00000210. The van der Waals surface area contributed by atoms with Crippen molar-refractivity contribution in [2.24, 2.45) is 0 Å². The van der Waals surface area contributed by atoms with Crippen LogP contribution in [-0.4, -0.2) is 35.2 Å². The van der Waals surface area contributed by atoms with Gasteiger partial charge in [0.05, 0.1) is 6.42 Å². The molecular weight excluding hydrogens is 364 g/mol. The lowest BCUT2D eigenvalue weighted by atomic mass is 9.95. The van der Waals surface area contributed by atoms with Gasteiger partial charge in [-0.3, -0.25) is 4.79 Å². The first-order chi connectivity index (χ1) is 12.8. The number of nitrogens with one attached hydrogen (secondary N) is 2. The molecule has 2 aliphatic rings. The molecule has 1 saturated carbocycles. The van der Waals surface area contributed by atoms with Gasteiger partial charge in [0.2, 0.25) is 5.91 Å². The topological polar surface area (TPSA) is 80.1 Å². The molecule has 0 spiro atoms. The monoisotopic (exact) mass is 390 g/mol. The second-order valence-corrected chi connectivity index (χ2v) is 7.33. The fourth-order valence-corrected chi connectivity index (χ4v) is 3.92. The predicted octanol–water partition coefficient (Wildman–Crippen LogP) is 2.84. The van der Waals surface area contributed by atoms with Crippen LogP contribution in [0, 0.1) is 0 Å². The van der Waals surface area contributed by atoms with Crippen molar-refractivity contribution >= 4 is 18.3 Å². The van der Waals surface area contributed by atoms with E-state index in [2.05, 4.69) is 32.9 Å². The summed E-state index contributed by atoms with van der Waals surface area (Å²) in [4.78, 5) is 16.6. The third-order valence-electron chi connectivity index (χ3n) is 5.35. The summed E-state index contributed by atoms with van der Waals surface area (Å²) >= 11 is 0. The van der Waals surface area contributed by atoms with Crippen LogP contribution in [-0.2, 0) is 24.1 Å². The molecule has 2 heterocycles. The van der Waals surface area contributed by atoms with Gasteiger partial charge in [0.1, 0.15) is 0 Å². The number of aromatic nitrogens is 2. The van der Waals surface area contributed by atoms with Crippen molar-refractivity contribution in [1.29, 1.82) is 0 Å². The van der Waals surface area contributed by atoms with Gasteiger partial charge in [0, 0.05) is 11.6 Å². The quantitative estimate of drug-likeness (QED) is 0.839. The standard InChI is InChI=1S/C20H26N4O2.ClH/c25-19(22-17-4-2-1-3-5-17)13-18-23-20(26-24-18)16-7-6-14-8-10-21-11-9-15(14)12-16;/h6-7,12,17,21H,1-5,8-11,13H2,(H,22,25);1H. The number of fused-ring (bicyclic) bond motifs is 1. The van der Waals surface area contributed by atoms with Crippen molar-refractivity contribution in [2.45, 2.75) is 57.4 Å². The van der Waals surface area contributed by atoms with E-state index < -0.39 is 0 Å². The van der Waals surface area contributed by atoms with Gasteiger partial charge in [-0.15, -0.1) is 12.4 Å². The fourth-order valence-electron chi connectivity index (χ4n) is 3.92. The van der Waals surface area contributed by atoms with Gasteiger partial charge in [-0.1, -0.05) is 30.5 Å². The molecule has 2 N–H and O–H groups in total. The summed E-state index contributed by atoms with van der Waals surface area (Å²) in [6.45, 7) is 2.01. The van der Waals surface area contributed by atoms with Crippen molar-refractivity contribution in [3.8, 4) is 11.5 Å². The molecule has 1 fully saturated rings. The molecule has 146 valence electrons. The number of rotatable bonds is 4. The lowest BCUT2D eigenvalue weighted by Gasteiger charge is -2.22. The van der Waals surface area contributed by atoms with Crippen LogP contribution in [0.1, 0.15) is 49.1 Å². The first-order valence-electron chi connectivity index (χ1n) is 9.73.